The second-order valence-corrected chi connectivity index (χ2v) is 15.1. The van der Waals surface area contributed by atoms with E-state index in [1.807, 2.05) is 60.6 Å². The summed E-state index contributed by atoms with van der Waals surface area (Å²) in [4.78, 5) is 59.2. The molecule has 4 aliphatic carbocycles. The molecule has 0 spiro atoms. The highest BCUT2D eigenvalue weighted by Gasteiger charge is 2.88. The first-order valence-electron chi connectivity index (χ1n) is 15.1. The number of rotatable bonds is 10. The highest BCUT2D eigenvalue weighted by molar-refractivity contribution is 6.41. The summed E-state index contributed by atoms with van der Waals surface area (Å²) in [6, 6.07) is 0. The van der Waals surface area contributed by atoms with Crippen LogP contribution in [-0.2, 0) is 23.9 Å². The number of hydrogen-bond acceptors (Lipinski definition) is 5. The Bertz CT molecular complexity index is 1230. The van der Waals surface area contributed by atoms with E-state index in [4.69, 9.17) is 4.74 Å². The Labute approximate surface area is 241 Å². The Kier molecular flexibility index (Phi) is 7.48. The SMILES string of the molecule is CC(C)=CCC/C(C)=C/C[C@]12C[C@@H]3[C@H]([C@H]4OC4(C)C)[C@](CC=C(C)C)(C1=O)C(=O)[C@](C(=O)C(C)C)(C2=O)C3(C)C. The van der Waals surface area contributed by atoms with Gasteiger partial charge < -0.3 is 4.74 Å². The van der Waals surface area contributed by atoms with Crippen molar-refractivity contribution in [3.05, 3.63) is 34.9 Å². The number of carbonyl (C=O) groups excluding carboxylic acids is 4. The molecule has 4 bridgehead atoms. The van der Waals surface area contributed by atoms with E-state index in [1.54, 1.807) is 13.8 Å². The fourth-order valence-electron chi connectivity index (χ4n) is 8.57. The summed E-state index contributed by atoms with van der Waals surface area (Å²) >= 11 is 0. The third-order valence-electron chi connectivity index (χ3n) is 10.8. The summed E-state index contributed by atoms with van der Waals surface area (Å²) in [6.45, 7) is 21.5. The van der Waals surface area contributed by atoms with Crippen LogP contribution in [0.5, 0.6) is 0 Å². The molecule has 0 aromatic carbocycles. The van der Waals surface area contributed by atoms with Gasteiger partial charge in [-0.2, -0.15) is 0 Å². The first-order chi connectivity index (χ1) is 18.4. The van der Waals surface area contributed by atoms with Gasteiger partial charge in [0.25, 0.3) is 0 Å². The van der Waals surface area contributed by atoms with Crippen molar-refractivity contribution in [2.75, 3.05) is 0 Å². The number of hydrogen-bond donors (Lipinski definition) is 0. The van der Waals surface area contributed by atoms with Crippen LogP contribution in [0.25, 0.3) is 0 Å². The third kappa shape index (κ3) is 3.96. The average molecular weight is 551 g/mol. The van der Waals surface area contributed by atoms with E-state index in [9.17, 15) is 14.4 Å². The number of carbonyl (C=O) groups is 4. The van der Waals surface area contributed by atoms with E-state index in [2.05, 4.69) is 19.9 Å². The molecule has 5 fully saturated rings. The highest BCUT2D eigenvalue weighted by Crippen LogP contribution is 2.77. The van der Waals surface area contributed by atoms with E-state index in [0.717, 1.165) is 24.0 Å². The molecule has 5 nitrogen and oxygen atoms in total. The Balaban J connectivity index is 1.97. The van der Waals surface area contributed by atoms with Gasteiger partial charge >= 0.3 is 0 Å². The van der Waals surface area contributed by atoms with Crippen molar-refractivity contribution in [2.24, 2.45) is 39.4 Å². The minimum Gasteiger partial charge on any atom is -0.366 e. The van der Waals surface area contributed by atoms with Gasteiger partial charge in [0.05, 0.1) is 22.5 Å². The topological polar surface area (TPSA) is 80.8 Å². The summed E-state index contributed by atoms with van der Waals surface area (Å²) in [5.41, 5.74) is -2.65. The van der Waals surface area contributed by atoms with Crippen molar-refractivity contribution < 1.29 is 23.9 Å². The lowest BCUT2D eigenvalue weighted by atomic mass is 9.26. The van der Waals surface area contributed by atoms with E-state index in [0.29, 0.717) is 6.42 Å². The number of allylic oxidation sites excluding steroid dienone is 6. The zero-order chi connectivity index (χ0) is 30.2. The molecule has 5 aliphatic rings. The van der Waals surface area contributed by atoms with Gasteiger partial charge in [0.2, 0.25) is 0 Å². The molecule has 0 N–H and O–H groups in total. The normalized spacial score (nSPS) is 37.1. The van der Waals surface area contributed by atoms with Crippen LogP contribution in [0, 0.1) is 39.4 Å². The van der Waals surface area contributed by atoms with E-state index >= 15 is 4.79 Å². The highest BCUT2D eigenvalue weighted by atomic mass is 16.6. The summed E-state index contributed by atoms with van der Waals surface area (Å²) in [5.74, 6) is -2.55. The van der Waals surface area contributed by atoms with Crippen LogP contribution in [-0.4, -0.2) is 34.8 Å². The predicted molar refractivity (Wildman–Crippen MR) is 158 cm³/mol. The summed E-state index contributed by atoms with van der Waals surface area (Å²) in [5, 5.41) is 0. The summed E-state index contributed by atoms with van der Waals surface area (Å²) in [6.07, 6.45) is 8.47. The van der Waals surface area contributed by atoms with Gasteiger partial charge in [-0.05, 0) is 91.9 Å². The first kappa shape index (κ1) is 30.8. The van der Waals surface area contributed by atoms with Crippen LogP contribution in [0.4, 0.5) is 0 Å². The van der Waals surface area contributed by atoms with Crippen molar-refractivity contribution in [3.63, 3.8) is 0 Å². The maximum absolute atomic E-state index is 15.1. The molecular formula is C35H50O5. The Morgan fingerprint density at radius 2 is 1.45 bits per heavy atom. The number of Topliss-reactive ketones (excluding diaryl/α,β-unsaturated/α-hetero) is 4. The molecule has 4 saturated carbocycles. The molecule has 5 heteroatoms. The fraction of sp³-hybridized carbons (Fsp3) is 0.714. The first-order valence-corrected chi connectivity index (χ1v) is 15.1. The Hall–Kier alpha value is -2.14. The average Bonchev–Trinajstić information content (AvgIpc) is 3.47. The Morgan fingerprint density at radius 1 is 0.875 bits per heavy atom. The smallest absolute Gasteiger partial charge is 0.168 e. The minimum atomic E-state index is -1.83. The summed E-state index contributed by atoms with van der Waals surface area (Å²) in [7, 11) is 0. The monoisotopic (exact) mass is 550 g/mol. The molecule has 40 heavy (non-hydrogen) atoms. The zero-order valence-electron chi connectivity index (χ0n) is 26.6. The van der Waals surface area contributed by atoms with Gasteiger partial charge in [-0.25, -0.2) is 0 Å². The molecule has 5 rings (SSSR count). The second kappa shape index (κ2) is 9.71. The quantitative estimate of drug-likeness (QED) is 0.163. The van der Waals surface area contributed by atoms with Crippen molar-refractivity contribution in [3.8, 4) is 0 Å². The Morgan fingerprint density at radius 3 is 1.95 bits per heavy atom. The van der Waals surface area contributed by atoms with Crippen LogP contribution in [0.3, 0.4) is 0 Å². The van der Waals surface area contributed by atoms with Gasteiger partial charge in [0.15, 0.2) is 28.5 Å². The minimum absolute atomic E-state index is 0.181. The standard InChI is InChI=1S/C35H50O5/c1-20(2)13-12-14-23(7)16-17-33-19-24-25(27-32(10,11)40-27)34(28(33)37,18-15-21(3)4)30(39)35(29(33)38,31(24,8)9)26(36)22(5)6/h13,15-16,22,24-25,27H,12,14,17-19H2,1-11H3/b23-16+/t24-,25-,27-,33+,34-,35+/m1/s1. The molecular weight excluding hydrogens is 500 g/mol. The summed E-state index contributed by atoms with van der Waals surface area (Å²) < 4.78 is 6.20. The van der Waals surface area contributed by atoms with Crippen LogP contribution in [0.15, 0.2) is 34.9 Å². The van der Waals surface area contributed by atoms with Crippen LogP contribution in [0.2, 0.25) is 0 Å². The van der Waals surface area contributed by atoms with Gasteiger partial charge in [0.1, 0.15) is 0 Å². The lowest BCUT2D eigenvalue weighted by Crippen LogP contribution is -2.84. The van der Waals surface area contributed by atoms with Crippen molar-refractivity contribution in [1.82, 2.24) is 0 Å². The second-order valence-electron chi connectivity index (χ2n) is 15.1. The van der Waals surface area contributed by atoms with Gasteiger partial charge in [-0.15, -0.1) is 0 Å². The van der Waals surface area contributed by atoms with Crippen LogP contribution >= 0.6 is 0 Å². The van der Waals surface area contributed by atoms with Crippen LogP contribution in [0.1, 0.15) is 108 Å². The largest absolute Gasteiger partial charge is 0.366 e. The number of ether oxygens (including phenoxy) is 1. The van der Waals surface area contributed by atoms with Gasteiger partial charge in [-0.1, -0.05) is 62.6 Å². The molecule has 1 saturated heterocycles. The lowest BCUT2D eigenvalue weighted by Gasteiger charge is -2.71. The molecule has 6 atom stereocenters. The molecule has 1 heterocycles. The molecule has 0 unspecified atom stereocenters. The molecule has 0 aromatic rings. The molecule has 0 radical (unpaired) electrons. The van der Waals surface area contributed by atoms with E-state index in [-0.39, 0.29) is 42.3 Å². The third-order valence-corrected chi connectivity index (χ3v) is 10.8. The van der Waals surface area contributed by atoms with E-state index in [1.165, 1.54) is 5.57 Å². The lowest BCUT2D eigenvalue weighted by molar-refractivity contribution is -0.221. The molecule has 0 aromatic heterocycles. The van der Waals surface area contributed by atoms with E-state index < -0.39 is 44.7 Å². The maximum Gasteiger partial charge on any atom is 0.168 e. The van der Waals surface area contributed by atoms with Crippen molar-refractivity contribution in [2.45, 2.75) is 120 Å². The molecule has 0 amide bonds. The maximum atomic E-state index is 15.1. The predicted octanol–water partition coefficient (Wildman–Crippen LogP) is 7.18. The van der Waals surface area contributed by atoms with Gasteiger partial charge in [-0.3, -0.25) is 19.2 Å². The van der Waals surface area contributed by atoms with Crippen LogP contribution < -0.4 is 0 Å². The number of epoxide rings is 1. The van der Waals surface area contributed by atoms with Gasteiger partial charge in [0, 0.05) is 11.8 Å². The molecule has 1 aliphatic heterocycles. The fourth-order valence-corrected chi connectivity index (χ4v) is 8.57. The zero-order valence-corrected chi connectivity index (χ0v) is 26.6. The van der Waals surface area contributed by atoms with Crippen molar-refractivity contribution >= 4 is 23.1 Å². The molecule has 220 valence electrons. The van der Waals surface area contributed by atoms with Crippen molar-refractivity contribution in [1.29, 1.82) is 0 Å². The number of ketones is 4.